The van der Waals surface area contributed by atoms with E-state index in [1.165, 1.54) is 23.5 Å². The Hall–Kier alpha value is -5.17. The molecule has 3 aromatic carbocycles. The fourth-order valence-electron chi connectivity index (χ4n) is 6.54. The molecule has 0 unspecified atom stereocenters. The van der Waals surface area contributed by atoms with Crippen molar-refractivity contribution in [2.75, 3.05) is 106 Å². The van der Waals surface area contributed by atoms with Gasteiger partial charge >= 0.3 is 29.8 Å². The van der Waals surface area contributed by atoms with Crippen LogP contribution in [0, 0.1) is 11.8 Å². The van der Waals surface area contributed by atoms with Gasteiger partial charge in [-0.05, 0) is 82.0 Å². The summed E-state index contributed by atoms with van der Waals surface area (Å²) in [5.74, 6) is -3.40. The van der Waals surface area contributed by atoms with E-state index in [0.29, 0.717) is 106 Å². The first-order chi connectivity index (χ1) is 38.0. The average Bonchev–Trinajstić information content (AvgIpc) is 3.43. The van der Waals surface area contributed by atoms with Crippen LogP contribution < -0.4 is 19.6 Å². The summed E-state index contributed by atoms with van der Waals surface area (Å²) in [7, 11) is 4.73. The van der Waals surface area contributed by atoms with E-state index in [-0.39, 0.29) is 67.4 Å². The topological polar surface area (TPSA) is 232 Å². The number of rotatable bonds is 30. The van der Waals surface area contributed by atoms with E-state index in [9.17, 15) is 28.8 Å². The van der Waals surface area contributed by atoms with Gasteiger partial charge in [0.2, 0.25) is 11.3 Å². The molecule has 0 amide bonds. The minimum absolute atomic E-state index is 0. The summed E-state index contributed by atoms with van der Waals surface area (Å²) in [6.07, 6.45) is 0.137. The number of pyridine rings is 1. The molecule has 0 spiro atoms. The van der Waals surface area contributed by atoms with Gasteiger partial charge in [0, 0.05) is 38.0 Å². The van der Waals surface area contributed by atoms with Crippen molar-refractivity contribution in [3.05, 3.63) is 84.9 Å². The van der Waals surface area contributed by atoms with Gasteiger partial charge in [0.05, 0.1) is 79.2 Å². The highest BCUT2D eigenvalue weighted by Crippen LogP contribution is 2.37. The molecule has 0 bridgehead atoms. The third kappa shape index (κ3) is 23.0. The number of carbonyl (C=O) groups excluding carboxylic acids is 5. The number of hydrogen-bond acceptors (Lipinski definition) is 21. The second kappa shape index (κ2) is 40.9. The number of hydrogen-bond donors (Lipinski definition) is 1. The highest BCUT2D eigenvalue weighted by atomic mass is 35.5. The molecule has 1 N–H and O–H groups in total. The number of H-pyrrole nitrogens is 1. The lowest BCUT2D eigenvalue weighted by Gasteiger charge is -2.17. The number of carbonyl (C=O) groups is 5. The number of nitrogens with zero attached hydrogens (tertiary/aromatic N) is 1. The fraction of sp³-hybridized carbons (Fsp3) is 0.491. The third-order valence-electron chi connectivity index (χ3n) is 9.98. The van der Waals surface area contributed by atoms with Gasteiger partial charge in [0.1, 0.15) is 52.7 Å². The van der Waals surface area contributed by atoms with Crippen LogP contribution in [0.3, 0.4) is 0 Å². The standard InChI is InChI=1S/C19H26ClNO6S.C18H23ClO6S.C17H20ClNO5S.CH4/c1-5-25-18(22)15(19(23)26-6-2)17(28-7-3)21-13-9-8-10-14(16(13)20)27-12-11-24-4;1-4-23-17(20)15(18(21)24-5-2)14(26)11-12-7-6-8-13(16(12)19)25-10-9-22-3;1-4-23-17(21)12-15(20)10-6-7-11(24-9-8-22-3)13(18)14(10)19-16(12)25-5-2;/h8-10,15H,5-7,11-12H2,1-4H3;6-8,15H,4-5,9-11H2,1-3H3;6-7H,4-5,8-9H2,1-3H3,(H,19,20);1H4. The van der Waals surface area contributed by atoms with Crippen LogP contribution in [0.25, 0.3) is 10.9 Å². The quantitative estimate of drug-likeness (QED) is 0.00747. The Morgan fingerprint density at radius 2 is 1.05 bits per heavy atom. The van der Waals surface area contributed by atoms with Crippen molar-refractivity contribution >= 4 is 127 Å². The van der Waals surface area contributed by atoms with E-state index >= 15 is 0 Å². The van der Waals surface area contributed by atoms with Gasteiger partial charge in [-0.3, -0.25) is 24.0 Å². The summed E-state index contributed by atoms with van der Waals surface area (Å²) < 4.78 is 56.6. The lowest BCUT2D eigenvalue weighted by Crippen LogP contribution is -2.35. The molecule has 0 saturated carbocycles. The summed E-state index contributed by atoms with van der Waals surface area (Å²) in [5.41, 5.74) is 1.06. The van der Waals surface area contributed by atoms with Crippen LogP contribution in [0.4, 0.5) is 5.69 Å². The number of methoxy groups -OCH3 is 3. The Labute approximate surface area is 497 Å². The number of fused-ring (bicyclic) bond motifs is 1. The lowest BCUT2D eigenvalue weighted by molar-refractivity contribution is -0.159. The molecule has 0 aliphatic carbocycles. The van der Waals surface area contributed by atoms with Crippen molar-refractivity contribution in [1.29, 1.82) is 0 Å². The van der Waals surface area contributed by atoms with E-state index in [0.717, 1.165) is 0 Å². The summed E-state index contributed by atoms with van der Waals surface area (Å²) in [6.45, 7) is 15.2. The Balaban J connectivity index is 0.000000597. The number of aromatic amines is 1. The highest BCUT2D eigenvalue weighted by Gasteiger charge is 2.36. The molecule has 0 saturated heterocycles. The van der Waals surface area contributed by atoms with Crippen LogP contribution >= 0.6 is 70.5 Å². The molecule has 80 heavy (non-hydrogen) atoms. The number of benzene rings is 3. The van der Waals surface area contributed by atoms with Crippen molar-refractivity contribution in [2.45, 2.75) is 67.3 Å². The van der Waals surface area contributed by atoms with E-state index in [4.69, 9.17) is 99.1 Å². The zero-order chi connectivity index (χ0) is 58.9. The molecule has 4 rings (SSSR count). The molecular formula is C55H73Cl3N2O17S3. The van der Waals surface area contributed by atoms with Gasteiger partial charge in [-0.25, -0.2) is 9.79 Å². The van der Waals surface area contributed by atoms with Crippen LogP contribution in [0.15, 0.2) is 63.3 Å². The summed E-state index contributed by atoms with van der Waals surface area (Å²) in [6, 6.07) is 13.5. The van der Waals surface area contributed by atoms with Crippen LogP contribution in [-0.2, 0) is 63.5 Å². The molecule has 0 aliphatic rings. The maximum atomic E-state index is 12.8. The molecule has 0 atom stereocenters. The Kier molecular flexibility index (Phi) is 37.3. The van der Waals surface area contributed by atoms with E-state index in [1.54, 1.807) is 104 Å². The smallest absolute Gasteiger partial charge is 0.344 e. The van der Waals surface area contributed by atoms with E-state index in [1.807, 2.05) is 13.8 Å². The van der Waals surface area contributed by atoms with Crippen molar-refractivity contribution in [1.82, 2.24) is 4.98 Å². The number of thioether (sulfide) groups is 2. The van der Waals surface area contributed by atoms with Gasteiger partial charge in [-0.2, -0.15) is 0 Å². The van der Waals surface area contributed by atoms with Crippen molar-refractivity contribution in [3.63, 3.8) is 0 Å². The van der Waals surface area contributed by atoms with Crippen LogP contribution in [-0.4, -0.2) is 150 Å². The first-order valence-corrected chi connectivity index (χ1v) is 28.5. The number of esters is 5. The Bertz CT molecular complexity index is 2670. The van der Waals surface area contributed by atoms with Gasteiger partial charge in [-0.15, -0.1) is 23.5 Å². The largest absolute Gasteiger partial charge is 0.490 e. The van der Waals surface area contributed by atoms with Gasteiger partial charge < -0.3 is 57.1 Å². The minimum Gasteiger partial charge on any atom is -0.490 e. The number of ether oxygens (including phenoxy) is 11. The van der Waals surface area contributed by atoms with Crippen molar-refractivity contribution in [2.24, 2.45) is 16.8 Å². The fourth-order valence-corrected chi connectivity index (χ4v) is 9.22. The third-order valence-corrected chi connectivity index (χ3v) is 13.3. The number of halogens is 3. The SMILES string of the molecule is C.CCOC(=O)C(C(=O)OCC)C(=Nc1cccc(OCCOC)c1Cl)SCC.CCOC(=O)C(C(=O)OCC)C(=S)Cc1cccc(OCCOC)c1Cl.CCOC(=O)c1c(SCC)[nH]c2c(Cl)c(OCCOC)ccc2c1=O. The number of aromatic nitrogens is 1. The molecule has 444 valence electrons. The van der Waals surface area contributed by atoms with Crippen LogP contribution in [0.1, 0.15) is 71.8 Å². The predicted molar refractivity (Wildman–Crippen MR) is 319 cm³/mol. The molecule has 1 aromatic heterocycles. The summed E-state index contributed by atoms with van der Waals surface area (Å²) in [4.78, 5) is 81.8. The molecule has 25 heteroatoms. The van der Waals surface area contributed by atoms with E-state index < -0.39 is 47.1 Å². The van der Waals surface area contributed by atoms with Gasteiger partial charge in [-0.1, -0.05) is 86.5 Å². The number of nitrogens with one attached hydrogen (secondary N) is 1. The lowest BCUT2D eigenvalue weighted by atomic mass is 9.99. The molecule has 0 fully saturated rings. The zero-order valence-electron chi connectivity index (χ0n) is 45.9. The number of thiocarbonyl (C=S) groups is 1. The van der Waals surface area contributed by atoms with Crippen LogP contribution in [0.2, 0.25) is 15.1 Å². The van der Waals surface area contributed by atoms with Gasteiger partial charge in [0.15, 0.2) is 5.92 Å². The first kappa shape index (κ1) is 72.8. The maximum Gasteiger partial charge on any atom is 0.344 e. The molecule has 1 heterocycles. The molecular weight excluding hydrogens is 1160 g/mol. The first-order valence-electron chi connectivity index (χ1n) is 25.0. The van der Waals surface area contributed by atoms with Crippen molar-refractivity contribution < 1.29 is 76.1 Å². The average molecular weight is 1240 g/mol. The van der Waals surface area contributed by atoms with Crippen LogP contribution in [0.5, 0.6) is 17.2 Å². The minimum atomic E-state index is -1.26. The molecule has 19 nitrogen and oxygen atoms in total. The second-order valence-corrected chi connectivity index (χ2v) is 19.6. The molecule has 4 aromatic rings. The highest BCUT2D eigenvalue weighted by molar-refractivity contribution is 8.14. The second-order valence-electron chi connectivity index (χ2n) is 15.4. The summed E-state index contributed by atoms with van der Waals surface area (Å²) in [5, 5.41) is 1.95. The Morgan fingerprint density at radius 3 is 1.51 bits per heavy atom. The zero-order valence-corrected chi connectivity index (χ0v) is 50.6. The normalized spacial score (nSPS) is 10.8. The van der Waals surface area contributed by atoms with Crippen molar-refractivity contribution in [3.8, 4) is 17.2 Å². The van der Waals surface area contributed by atoms with E-state index in [2.05, 4.69) is 9.98 Å². The summed E-state index contributed by atoms with van der Waals surface area (Å²) >= 11 is 27.1. The predicted octanol–water partition coefficient (Wildman–Crippen LogP) is 11.0. The Morgan fingerprint density at radius 1 is 0.588 bits per heavy atom. The van der Waals surface area contributed by atoms with Gasteiger partial charge in [0.25, 0.3) is 0 Å². The maximum absolute atomic E-state index is 12.8. The molecule has 0 radical (unpaired) electrons. The number of aliphatic imine (C=N–C) groups is 1. The molecule has 0 aliphatic heterocycles. The monoisotopic (exact) mass is 1230 g/mol.